The van der Waals surface area contributed by atoms with Crippen LogP contribution >= 0.6 is 12.4 Å². The van der Waals surface area contributed by atoms with E-state index in [1.807, 2.05) is 18.2 Å². The molecule has 0 atom stereocenters. The Kier molecular flexibility index (Phi) is 4.55. The SMILES string of the molecule is Cl.c1cc2c(cc1OC1CCNCC1)OCCO2. The molecule has 3 rings (SSSR count). The zero-order valence-corrected chi connectivity index (χ0v) is 11.0. The van der Waals surface area contributed by atoms with E-state index in [-0.39, 0.29) is 12.4 Å². The van der Waals surface area contributed by atoms with E-state index in [9.17, 15) is 0 Å². The van der Waals surface area contributed by atoms with Gasteiger partial charge in [-0.1, -0.05) is 0 Å². The van der Waals surface area contributed by atoms with Crippen LogP contribution in [-0.2, 0) is 0 Å². The van der Waals surface area contributed by atoms with Crippen molar-refractivity contribution in [3.05, 3.63) is 18.2 Å². The summed E-state index contributed by atoms with van der Waals surface area (Å²) in [6, 6.07) is 5.80. The van der Waals surface area contributed by atoms with Crippen LogP contribution in [0.2, 0.25) is 0 Å². The van der Waals surface area contributed by atoms with E-state index in [0.29, 0.717) is 19.3 Å². The third kappa shape index (κ3) is 3.00. The zero-order chi connectivity index (χ0) is 11.5. The van der Waals surface area contributed by atoms with Crippen LogP contribution in [0, 0.1) is 0 Å². The van der Waals surface area contributed by atoms with Crippen molar-refractivity contribution < 1.29 is 14.2 Å². The standard InChI is InChI=1S/C13H17NO3.ClH/c1-2-12-13(16-8-7-15-12)9-11(1)17-10-3-5-14-6-4-10;/h1-2,9-10,14H,3-8H2;1H. The summed E-state index contributed by atoms with van der Waals surface area (Å²) < 4.78 is 17.0. The normalized spacial score (nSPS) is 18.9. The number of hydrogen-bond donors (Lipinski definition) is 1. The Morgan fingerprint density at radius 1 is 1.06 bits per heavy atom. The number of hydrogen-bond acceptors (Lipinski definition) is 4. The minimum absolute atomic E-state index is 0. The van der Waals surface area contributed by atoms with Gasteiger partial charge in [-0.05, 0) is 38.1 Å². The van der Waals surface area contributed by atoms with Crippen molar-refractivity contribution in [1.82, 2.24) is 5.32 Å². The van der Waals surface area contributed by atoms with E-state index in [1.54, 1.807) is 0 Å². The Balaban J connectivity index is 0.00000120. The molecule has 1 aromatic rings. The second-order valence-electron chi connectivity index (χ2n) is 4.37. The van der Waals surface area contributed by atoms with E-state index in [4.69, 9.17) is 14.2 Å². The highest BCUT2D eigenvalue weighted by atomic mass is 35.5. The fourth-order valence-electron chi connectivity index (χ4n) is 2.20. The maximum absolute atomic E-state index is 5.95. The molecule has 2 heterocycles. The summed E-state index contributed by atoms with van der Waals surface area (Å²) in [4.78, 5) is 0. The summed E-state index contributed by atoms with van der Waals surface area (Å²) in [7, 11) is 0. The highest BCUT2D eigenvalue weighted by molar-refractivity contribution is 5.85. The summed E-state index contributed by atoms with van der Waals surface area (Å²) in [6.45, 7) is 3.32. The van der Waals surface area contributed by atoms with E-state index >= 15 is 0 Å². The van der Waals surface area contributed by atoms with Gasteiger partial charge in [0, 0.05) is 6.07 Å². The number of ether oxygens (including phenoxy) is 3. The van der Waals surface area contributed by atoms with Crippen molar-refractivity contribution in [3.8, 4) is 17.2 Å². The summed E-state index contributed by atoms with van der Waals surface area (Å²) in [5.74, 6) is 2.48. The van der Waals surface area contributed by atoms with Crippen LogP contribution in [0.15, 0.2) is 18.2 Å². The first kappa shape index (κ1) is 13.3. The number of piperidine rings is 1. The Labute approximate surface area is 113 Å². The molecule has 1 N–H and O–H groups in total. The molecule has 0 aliphatic carbocycles. The molecule has 0 unspecified atom stereocenters. The average Bonchev–Trinajstić information content (AvgIpc) is 2.40. The van der Waals surface area contributed by atoms with Gasteiger partial charge in [-0.25, -0.2) is 0 Å². The van der Waals surface area contributed by atoms with Crippen molar-refractivity contribution in [2.45, 2.75) is 18.9 Å². The summed E-state index contributed by atoms with van der Waals surface area (Å²) in [6.07, 6.45) is 2.45. The Hall–Kier alpha value is -1.13. The van der Waals surface area contributed by atoms with Gasteiger partial charge in [-0.15, -0.1) is 12.4 Å². The molecule has 4 nitrogen and oxygen atoms in total. The smallest absolute Gasteiger partial charge is 0.165 e. The van der Waals surface area contributed by atoms with Crippen molar-refractivity contribution in [3.63, 3.8) is 0 Å². The third-order valence-electron chi connectivity index (χ3n) is 3.10. The predicted molar refractivity (Wildman–Crippen MR) is 71.2 cm³/mol. The molecule has 0 bridgehead atoms. The monoisotopic (exact) mass is 271 g/mol. The summed E-state index contributed by atoms with van der Waals surface area (Å²) in [5, 5.41) is 3.33. The first-order chi connectivity index (χ1) is 8.42. The average molecular weight is 272 g/mol. The van der Waals surface area contributed by atoms with Crippen molar-refractivity contribution in [2.24, 2.45) is 0 Å². The van der Waals surface area contributed by atoms with Gasteiger partial charge in [0.05, 0.1) is 0 Å². The molecule has 0 saturated carbocycles. The number of halogens is 1. The van der Waals surface area contributed by atoms with Gasteiger partial charge in [-0.3, -0.25) is 0 Å². The second-order valence-corrected chi connectivity index (χ2v) is 4.37. The summed E-state index contributed by atoms with van der Waals surface area (Å²) in [5.41, 5.74) is 0. The molecular weight excluding hydrogens is 254 g/mol. The Morgan fingerprint density at radius 3 is 2.56 bits per heavy atom. The minimum Gasteiger partial charge on any atom is -0.490 e. The highest BCUT2D eigenvalue weighted by Gasteiger charge is 2.17. The van der Waals surface area contributed by atoms with Crippen molar-refractivity contribution in [2.75, 3.05) is 26.3 Å². The third-order valence-corrected chi connectivity index (χ3v) is 3.10. The van der Waals surface area contributed by atoms with Gasteiger partial charge in [0.15, 0.2) is 11.5 Å². The molecule has 100 valence electrons. The van der Waals surface area contributed by atoms with E-state index in [0.717, 1.165) is 43.2 Å². The van der Waals surface area contributed by atoms with Gasteiger partial charge >= 0.3 is 0 Å². The molecule has 18 heavy (non-hydrogen) atoms. The van der Waals surface area contributed by atoms with Crippen molar-refractivity contribution in [1.29, 1.82) is 0 Å². The lowest BCUT2D eigenvalue weighted by Gasteiger charge is -2.25. The second kappa shape index (κ2) is 6.16. The molecule has 0 radical (unpaired) electrons. The van der Waals surface area contributed by atoms with Gasteiger partial charge in [-0.2, -0.15) is 0 Å². The summed E-state index contributed by atoms with van der Waals surface area (Å²) >= 11 is 0. The molecule has 0 amide bonds. The van der Waals surface area contributed by atoms with E-state index in [1.165, 1.54) is 0 Å². The lowest BCUT2D eigenvalue weighted by molar-refractivity contribution is 0.154. The van der Waals surface area contributed by atoms with Gasteiger partial charge in [0.2, 0.25) is 0 Å². The number of nitrogens with one attached hydrogen (secondary N) is 1. The topological polar surface area (TPSA) is 39.7 Å². The molecule has 1 saturated heterocycles. The Morgan fingerprint density at radius 2 is 1.78 bits per heavy atom. The maximum Gasteiger partial charge on any atom is 0.165 e. The van der Waals surface area contributed by atoms with Gasteiger partial charge < -0.3 is 19.5 Å². The van der Waals surface area contributed by atoms with Gasteiger partial charge in [0.1, 0.15) is 25.1 Å². The molecule has 1 aromatic carbocycles. The molecule has 0 aromatic heterocycles. The van der Waals surface area contributed by atoms with Crippen LogP contribution in [0.4, 0.5) is 0 Å². The van der Waals surface area contributed by atoms with Crippen molar-refractivity contribution >= 4 is 12.4 Å². The molecule has 2 aliphatic rings. The number of fused-ring (bicyclic) bond motifs is 1. The predicted octanol–water partition coefficient (Wildman–Crippen LogP) is 2.01. The zero-order valence-electron chi connectivity index (χ0n) is 10.2. The van der Waals surface area contributed by atoms with E-state index < -0.39 is 0 Å². The molecular formula is C13H18ClNO3. The van der Waals surface area contributed by atoms with Crippen LogP contribution in [0.25, 0.3) is 0 Å². The first-order valence-corrected chi connectivity index (χ1v) is 6.19. The molecule has 0 spiro atoms. The number of benzene rings is 1. The first-order valence-electron chi connectivity index (χ1n) is 6.19. The van der Waals surface area contributed by atoms with Gasteiger partial charge in [0.25, 0.3) is 0 Å². The fraction of sp³-hybridized carbons (Fsp3) is 0.538. The van der Waals surface area contributed by atoms with Crippen LogP contribution < -0.4 is 19.5 Å². The largest absolute Gasteiger partial charge is 0.490 e. The lowest BCUT2D eigenvalue weighted by Crippen LogP contribution is -2.34. The minimum atomic E-state index is 0. The van der Waals surface area contributed by atoms with Crippen LogP contribution in [0.3, 0.4) is 0 Å². The van der Waals surface area contributed by atoms with E-state index in [2.05, 4.69) is 5.32 Å². The van der Waals surface area contributed by atoms with Crippen LogP contribution in [-0.4, -0.2) is 32.4 Å². The quantitative estimate of drug-likeness (QED) is 0.893. The van der Waals surface area contributed by atoms with Crippen LogP contribution in [0.5, 0.6) is 17.2 Å². The molecule has 1 fully saturated rings. The maximum atomic E-state index is 5.95. The lowest BCUT2D eigenvalue weighted by atomic mass is 10.1. The molecule has 5 heteroatoms. The fourth-order valence-corrected chi connectivity index (χ4v) is 2.20. The van der Waals surface area contributed by atoms with Crippen LogP contribution in [0.1, 0.15) is 12.8 Å². The Bertz CT molecular complexity index is 394. The number of rotatable bonds is 2. The molecule has 2 aliphatic heterocycles. The highest BCUT2D eigenvalue weighted by Crippen LogP contribution is 2.34.